The molecule has 6 heteroatoms. The van der Waals surface area contributed by atoms with Gasteiger partial charge in [-0.1, -0.05) is 12.1 Å². The van der Waals surface area contributed by atoms with Crippen molar-refractivity contribution in [2.75, 3.05) is 18.8 Å². The minimum absolute atomic E-state index is 0. The number of nitrogens with zero attached hydrogens (tertiary/aromatic N) is 1. The third kappa shape index (κ3) is 3.99. The summed E-state index contributed by atoms with van der Waals surface area (Å²) in [6.07, 6.45) is 2.94. The van der Waals surface area contributed by atoms with E-state index in [1.807, 2.05) is 23.1 Å². The molecule has 3 nitrogen and oxygen atoms in total. The van der Waals surface area contributed by atoms with Crippen molar-refractivity contribution < 1.29 is 4.79 Å². The van der Waals surface area contributed by atoms with E-state index in [4.69, 9.17) is 5.73 Å². The molecule has 0 aromatic heterocycles. The molecule has 1 aromatic rings. The maximum absolute atomic E-state index is 12.3. The molecule has 3 rings (SSSR count). The normalized spacial score (nSPS) is 26.6. The second-order valence-corrected chi connectivity index (χ2v) is 7.98. The molecule has 0 spiro atoms. The number of fused-ring (bicyclic) bond motifs is 1. The summed E-state index contributed by atoms with van der Waals surface area (Å²) in [7, 11) is 0. The van der Waals surface area contributed by atoms with Gasteiger partial charge in [-0.25, -0.2) is 0 Å². The lowest BCUT2D eigenvalue weighted by molar-refractivity contribution is -0.130. The van der Waals surface area contributed by atoms with Gasteiger partial charge < -0.3 is 10.6 Å². The molecule has 1 amide bonds. The maximum Gasteiger partial charge on any atom is 0.223 e. The van der Waals surface area contributed by atoms with Crippen LogP contribution in [-0.2, 0) is 4.79 Å². The first-order chi connectivity index (χ1) is 10.1. The Morgan fingerprint density at radius 3 is 2.82 bits per heavy atom. The predicted octanol–water partition coefficient (Wildman–Crippen LogP) is 3.55. The van der Waals surface area contributed by atoms with E-state index in [1.165, 1.54) is 11.3 Å². The largest absolute Gasteiger partial charge is 0.342 e. The van der Waals surface area contributed by atoms with E-state index in [1.54, 1.807) is 11.8 Å². The summed E-state index contributed by atoms with van der Waals surface area (Å²) in [5.41, 5.74) is 6.13. The molecule has 3 unspecified atom stereocenters. The number of carbonyl (C=O) groups is 1. The number of carbonyl (C=O) groups excluding carboxylic acids is 1. The lowest BCUT2D eigenvalue weighted by Crippen LogP contribution is -2.33. The van der Waals surface area contributed by atoms with Crippen LogP contribution in [0.5, 0.6) is 0 Å². The number of halogens is 2. The van der Waals surface area contributed by atoms with Crippen molar-refractivity contribution in [3.8, 4) is 0 Å². The van der Waals surface area contributed by atoms with Crippen molar-refractivity contribution in [3.63, 3.8) is 0 Å². The smallest absolute Gasteiger partial charge is 0.223 e. The van der Waals surface area contributed by atoms with Crippen LogP contribution in [0.25, 0.3) is 0 Å². The van der Waals surface area contributed by atoms with Gasteiger partial charge in [0.2, 0.25) is 5.91 Å². The number of amides is 1. The van der Waals surface area contributed by atoms with Gasteiger partial charge in [-0.05, 0) is 52.7 Å². The number of hydrogen-bond acceptors (Lipinski definition) is 3. The van der Waals surface area contributed by atoms with Gasteiger partial charge in [-0.2, -0.15) is 0 Å². The lowest BCUT2D eigenvalue weighted by Gasteiger charge is -2.18. The molecular formula is C16H22BrClN2OS. The maximum atomic E-state index is 12.3. The number of thioether (sulfide) groups is 1. The summed E-state index contributed by atoms with van der Waals surface area (Å²) in [5.74, 6) is 2.32. The van der Waals surface area contributed by atoms with Gasteiger partial charge in [0, 0.05) is 40.7 Å². The van der Waals surface area contributed by atoms with Crippen LogP contribution in [0.3, 0.4) is 0 Å². The Kier molecular flexibility index (Phi) is 6.62. The van der Waals surface area contributed by atoms with Crippen LogP contribution in [0.2, 0.25) is 0 Å². The average molecular weight is 406 g/mol. The van der Waals surface area contributed by atoms with Crippen LogP contribution in [0.15, 0.2) is 33.6 Å². The van der Waals surface area contributed by atoms with Gasteiger partial charge in [0.1, 0.15) is 0 Å². The van der Waals surface area contributed by atoms with Crippen molar-refractivity contribution in [3.05, 3.63) is 28.7 Å². The Labute approximate surface area is 150 Å². The third-order valence-corrected chi connectivity index (χ3v) is 6.70. The molecule has 1 aliphatic heterocycles. The van der Waals surface area contributed by atoms with E-state index >= 15 is 0 Å². The zero-order chi connectivity index (χ0) is 14.8. The fraction of sp³-hybridized carbons (Fsp3) is 0.562. The number of rotatable bonds is 4. The highest BCUT2D eigenvalue weighted by Crippen LogP contribution is 2.37. The van der Waals surface area contributed by atoms with Crippen LogP contribution in [-0.4, -0.2) is 35.7 Å². The quantitative estimate of drug-likeness (QED) is 0.779. The summed E-state index contributed by atoms with van der Waals surface area (Å²) in [5, 5.41) is 0. The molecule has 2 fully saturated rings. The Bertz CT molecular complexity index is 531. The number of nitrogens with two attached hydrogens (primary N) is 1. The van der Waals surface area contributed by atoms with Gasteiger partial charge in [0.25, 0.3) is 0 Å². The van der Waals surface area contributed by atoms with Crippen molar-refractivity contribution in [1.29, 1.82) is 0 Å². The SMILES string of the molecule is Cl.NC1CCC2CN(C(=O)CCSc3ccccc3Br)CC12. The van der Waals surface area contributed by atoms with Crippen molar-refractivity contribution in [1.82, 2.24) is 4.90 Å². The predicted molar refractivity (Wildman–Crippen MR) is 97.5 cm³/mol. The third-order valence-electron chi connectivity index (χ3n) is 4.68. The van der Waals surface area contributed by atoms with Crippen molar-refractivity contribution in [2.24, 2.45) is 17.6 Å². The summed E-state index contributed by atoms with van der Waals surface area (Å²) in [4.78, 5) is 15.6. The zero-order valence-electron chi connectivity index (χ0n) is 12.4. The zero-order valence-corrected chi connectivity index (χ0v) is 15.6. The molecule has 3 atom stereocenters. The number of likely N-dealkylation sites (tertiary alicyclic amines) is 1. The van der Waals surface area contributed by atoms with E-state index in [0.29, 0.717) is 24.3 Å². The summed E-state index contributed by atoms with van der Waals surface area (Å²) < 4.78 is 1.10. The van der Waals surface area contributed by atoms with Crippen LogP contribution in [0, 0.1) is 11.8 Å². The van der Waals surface area contributed by atoms with E-state index in [0.717, 1.165) is 29.7 Å². The Balaban J connectivity index is 0.00000176. The van der Waals surface area contributed by atoms with Crippen molar-refractivity contribution in [2.45, 2.75) is 30.2 Å². The van der Waals surface area contributed by atoms with Crippen LogP contribution >= 0.6 is 40.1 Å². The molecular weight excluding hydrogens is 384 g/mol. The van der Waals surface area contributed by atoms with Crippen LogP contribution < -0.4 is 5.73 Å². The fourth-order valence-corrected chi connectivity index (χ4v) is 4.98. The molecule has 1 aliphatic carbocycles. The molecule has 1 heterocycles. The standard InChI is InChI=1S/C16H21BrN2OS.ClH/c17-13-3-1-2-4-15(13)21-8-7-16(20)19-9-11-5-6-14(18)12(11)10-19;/h1-4,11-12,14H,5-10,18H2;1H. The van der Waals surface area contributed by atoms with E-state index in [2.05, 4.69) is 22.0 Å². The van der Waals surface area contributed by atoms with Gasteiger partial charge in [-0.3, -0.25) is 4.79 Å². The van der Waals surface area contributed by atoms with Gasteiger partial charge in [0.05, 0.1) is 0 Å². The van der Waals surface area contributed by atoms with Gasteiger partial charge in [0.15, 0.2) is 0 Å². The Hall–Kier alpha value is -0.230. The lowest BCUT2D eigenvalue weighted by atomic mass is 9.98. The molecule has 1 saturated heterocycles. The minimum Gasteiger partial charge on any atom is -0.342 e. The monoisotopic (exact) mass is 404 g/mol. The average Bonchev–Trinajstić information content (AvgIpc) is 3.04. The van der Waals surface area contributed by atoms with Gasteiger partial charge in [-0.15, -0.1) is 24.2 Å². The molecule has 0 radical (unpaired) electrons. The highest BCUT2D eigenvalue weighted by molar-refractivity contribution is 9.10. The molecule has 122 valence electrons. The molecule has 22 heavy (non-hydrogen) atoms. The number of hydrogen-bond donors (Lipinski definition) is 1. The Morgan fingerprint density at radius 2 is 2.09 bits per heavy atom. The summed E-state index contributed by atoms with van der Waals surface area (Å²) in [6, 6.07) is 8.46. The molecule has 2 aliphatic rings. The molecule has 2 N–H and O–H groups in total. The van der Waals surface area contributed by atoms with E-state index < -0.39 is 0 Å². The number of benzene rings is 1. The van der Waals surface area contributed by atoms with Crippen molar-refractivity contribution >= 4 is 46.0 Å². The first-order valence-corrected chi connectivity index (χ1v) is 9.33. The molecule has 1 aromatic carbocycles. The molecule has 1 saturated carbocycles. The summed E-state index contributed by atoms with van der Waals surface area (Å²) in [6.45, 7) is 1.81. The highest BCUT2D eigenvalue weighted by atomic mass is 79.9. The second kappa shape index (κ2) is 8.04. The van der Waals surface area contributed by atoms with Crippen LogP contribution in [0.1, 0.15) is 19.3 Å². The first kappa shape index (κ1) is 18.1. The second-order valence-electron chi connectivity index (χ2n) is 5.99. The van der Waals surface area contributed by atoms with E-state index in [9.17, 15) is 4.79 Å². The topological polar surface area (TPSA) is 46.3 Å². The fourth-order valence-electron chi connectivity index (χ4n) is 3.48. The first-order valence-electron chi connectivity index (χ1n) is 7.56. The molecule has 0 bridgehead atoms. The van der Waals surface area contributed by atoms with E-state index in [-0.39, 0.29) is 18.3 Å². The highest BCUT2D eigenvalue weighted by Gasteiger charge is 2.42. The van der Waals surface area contributed by atoms with Gasteiger partial charge >= 0.3 is 0 Å². The minimum atomic E-state index is 0. The summed E-state index contributed by atoms with van der Waals surface area (Å²) >= 11 is 5.28. The van der Waals surface area contributed by atoms with Crippen LogP contribution in [0.4, 0.5) is 0 Å². The Morgan fingerprint density at radius 1 is 1.32 bits per heavy atom.